The summed E-state index contributed by atoms with van der Waals surface area (Å²) in [4.78, 5) is 26.0. The molecule has 28 heavy (non-hydrogen) atoms. The summed E-state index contributed by atoms with van der Waals surface area (Å²) < 4.78 is 19.0. The first kappa shape index (κ1) is 20.1. The summed E-state index contributed by atoms with van der Waals surface area (Å²) in [6.45, 7) is 1.29. The Labute approximate surface area is 168 Å². The summed E-state index contributed by atoms with van der Waals surface area (Å²) in [5, 5.41) is 0.617. The summed E-state index contributed by atoms with van der Waals surface area (Å²) in [7, 11) is 0. The van der Waals surface area contributed by atoms with Crippen molar-refractivity contribution >= 4 is 23.4 Å². The number of halogens is 2. The number of rotatable bonds is 6. The van der Waals surface area contributed by atoms with E-state index in [2.05, 4.69) is 0 Å². The minimum absolute atomic E-state index is 0.147. The van der Waals surface area contributed by atoms with Crippen molar-refractivity contribution in [1.82, 2.24) is 4.90 Å². The minimum Gasteiger partial charge on any atom is -0.493 e. The van der Waals surface area contributed by atoms with Gasteiger partial charge in [0.15, 0.2) is 0 Å². The third kappa shape index (κ3) is 5.01. The van der Waals surface area contributed by atoms with Gasteiger partial charge in [0.25, 0.3) is 5.91 Å². The Balaban J connectivity index is 1.65. The molecule has 2 N–H and O–H groups in total. The number of likely N-dealkylation sites (tertiary alicyclic amines) is 1. The molecule has 5 nitrogen and oxygen atoms in total. The Bertz CT molecular complexity index is 832. The van der Waals surface area contributed by atoms with Crippen molar-refractivity contribution in [3.63, 3.8) is 0 Å². The highest BCUT2D eigenvalue weighted by Gasteiger charge is 2.38. The number of carbonyl (C=O) groups is 2. The Morgan fingerprint density at radius 3 is 2.25 bits per heavy atom. The van der Waals surface area contributed by atoms with Crippen LogP contribution >= 0.6 is 11.6 Å². The van der Waals surface area contributed by atoms with Gasteiger partial charge in [0, 0.05) is 35.5 Å². The molecule has 0 saturated carbocycles. The predicted molar refractivity (Wildman–Crippen MR) is 105 cm³/mol. The molecular weight excluding hydrogens is 383 g/mol. The molecule has 2 aromatic rings. The van der Waals surface area contributed by atoms with Crippen LogP contribution in [0.25, 0.3) is 0 Å². The number of primary amides is 1. The normalized spacial score (nSPS) is 15.9. The first-order valence-electron chi connectivity index (χ1n) is 9.08. The van der Waals surface area contributed by atoms with Crippen LogP contribution in [0.5, 0.6) is 5.75 Å². The molecule has 1 fully saturated rings. The molecule has 2 aromatic carbocycles. The molecule has 1 saturated heterocycles. The fraction of sp³-hybridized carbons (Fsp3) is 0.333. The first-order valence-corrected chi connectivity index (χ1v) is 9.46. The molecular formula is C21H22ClFN2O3. The van der Waals surface area contributed by atoms with Gasteiger partial charge in [-0.25, -0.2) is 4.39 Å². The van der Waals surface area contributed by atoms with Crippen LogP contribution < -0.4 is 10.5 Å². The van der Waals surface area contributed by atoms with E-state index in [1.165, 1.54) is 24.3 Å². The van der Waals surface area contributed by atoms with E-state index < -0.39 is 11.3 Å². The van der Waals surface area contributed by atoms with E-state index in [4.69, 9.17) is 22.1 Å². The van der Waals surface area contributed by atoms with Crippen LogP contribution in [0.2, 0.25) is 5.02 Å². The Hall–Kier alpha value is -2.60. The molecule has 0 unspecified atom stereocenters. The lowest BCUT2D eigenvalue weighted by Crippen LogP contribution is -2.47. The third-order valence-corrected chi connectivity index (χ3v) is 5.36. The SMILES string of the molecule is NC(=O)CC1(COc2ccc(Cl)cc2)CCN(C(=O)c2ccc(F)cc2)CC1. The molecule has 3 rings (SSSR count). The standard InChI is InChI=1S/C21H22ClFN2O3/c22-16-3-7-18(8-4-16)28-14-21(13-19(24)26)9-11-25(12-10-21)20(27)15-1-5-17(23)6-2-15/h1-8H,9-14H2,(H2,24,26). The summed E-state index contributed by atoms with van der Waals surface area (Å²) >= 11 is 5.89. The van der Waals surface area contributed by atoms with Crippen molar-refractivity contribution in [3.05, 3.63) is 64.9 Å². The van der Waals surface area contributed by atoms with Gasteiger partial charge in [-0.1, -0.05) is 11.6 Å². The van der Waals surface area contributed by atoms with E-state index in [1.807, 2.05) is 0 Å². The molecule has 1 aliphatic heterocycles. The smallest absolute Gasteiger partial charge is 0.253 e. The maximum Gasteiger partial charge on any atom is 0.253 e. The zero-order valence-corrected chi connectivity index (χ0v) is 16.1. The van der Waals surface area contributed by atoms with Gasteiger partial charge < -0.3 is 15.4 Å². The van der Waals surface area contributed by atoms with Crippen molar-refractivity contribution < 1.29 is 18.7 Å². The van der Waals surface area contributed by atoms with Crippen LogP contribution in [0.1, 0.15) is 29.6 Å². The number of hydrogen-bond donors (Lipinski definition) is 1. The molecule has 1 heterocycles. The highest BCUT2D eigenvalue weighted by atomic mass is 35.5. The van der Waals surface area contributed by atoms with Crippen molar-refractivity contribution in [2.45, 2.75) is 19.3 Å². The van der Waals surface area contributed by atoms with Crippen LogP contribution in [-0.2, 0) is 4.79 Å². The lowest BCUT2D eigenvalue weighted by atomic mass is 9.76. The minimum atomic E-state index is -0.426. The fourth-order valence-electron chi connectivity index (χ4n) is 3.47. The van der Waals surface area contributed by atoms with Gasteiger partial charge in [0.2, 0.25) is 5.91 Å². The maximum absolute atomic E-state index is 13.1. The molecule has 0 spiro atoms. The van der Waals surface area contributed by atoms with E-state index >= 15 is 0 Å². The molecule has 148 valence electrons. The zero-order valence-electron chi connectivity index (χ0n) is 15.4. The van der Waals surface area contributed by atoms with Crippen molar-refractivity contribution in [1.29, 1.82) is 0 Å². The number of amides is 2. The number of carbonyl (C=O) groups excluding carboxylic acids is 2. The fourth-order valence-corrected chi connectivity index (χ4v) is 3.59. The van der Waals surface area contributed by atoms with Gasteiger partial charge >= 0.3 is 0 Å². The van der Waals surface area contributed by atoms with Crippen LogP contribution in [0.15, 0.2) is 48.5 Å². The largest absolute Gasteiger partial charge is 0.493 e. The summed E-state index contributed by atoms with van der Waals surface area (Å²) in [6, 6.07) is 12.5. The second kappa shape index (κ2) is 8.61. The number of ether oxygens (including phenoxy) is 1. The molecule has 0 bridgehead atoms. The van der Waals surface area contributed by atoms with Crippen molar-refractivity contribution in [2.75, 3.05) is 19.7 Å². The maximum atomic E-state index is 13.1. The lowest BCUT2D eigenvalue weighted by Gasteiger charge is -2.41. The molecule has 7 heteroatoms. The predicted octanol–water partition coefficient (Wildman–Crippen LogP) is 3.66. The average molecular weight is 405 g/mol. The van der Waals surface area contributed by atoms with E-state index in [0.29, 0.717) is 48.9 Å². The van der Waals surface area contributed by atoms with Crippen LogP contribution in [0.4, 0.5) is 4.39 Å². The second-order valence-corrected chi connectivity index (χ2v) is 7.62. The van der Waals surface area contributed by atoms with Gasteiger partial charge in [-0.2, -0.15) is 0 Å². The van der Waals surface area contributed by atoms with Gasteiger partial charge in [-0.3, -0.25) is 9.59 Å². The summed E-state index contributed by atoms with van der Waals surface area (Å²) in [5.74, 6) is -0.252. The van der Waals surface area contributed by atoms with Crippen molar-refractivity contribution in [3.8, 4) is 5.75 Å². The Kier molecular flexibility index (Phi) is 6.19. The molecule has 1 aliphatic rings. The monoisotopic (exact) mass is 404 g/mol. The average Bonchev–Trinajstić information content (AvgIpc) is 2.68. The Morgan fingerprint density at radius 1 is 1.07 bits per heavy atom. The van der Waals surface area contributed by atoms with Crippen LogP contribution in [0.3, 0.4) is 0 Å². The number of nitrogens with zero attached hydrogens (tertiary/aromatic N) is 1. The highest BCUT2D eigenvalue weighted by molar-refractivity contribution is 6.30. The van der Waals surface area contributed by atoms with Gasteiger partial charge in [0.1, 0.15) is 11.6 Å². The van der Waals surface area contributed by atoms with Gasteiger partial charge in [-0.15, -0.1) is 0 Å². The Morgan fingerprint density at radius 2 is 1.68 bits per heavy atom. The number of benzene rings is 2. The van der Waals surface area contributed by atoms with E-state index in [9.17, 15) is 14.0 Å². The van der Waals surface area contributed by atoms with Gasteiger partial charge in [0.05, 0.1) is 6.61 Å². The van der Waals surface area contributed by atoms with E-state index in [-0.39, 0.29) is 18.1 Å². The van der Waals surface area contributed by atoms with Crippen LogP contribution in [0, 0.1) is 11.2 Å². The molecule has 2 amide bonds. The molecule has 0 aliphatic carbocycles. The summed E-state index contributed by atoms with van der Waals surface area (Å²) in [5.41, 5.74) is 5.49. The van der Waals surface area contributed by atoms with Crippen molar-refractivity contribution in [2.24, 2.45) is 11.1 Å². The number of piperidine rings is 1. The van der Waals surface area contributed by atoms with Gasteiger partial charge in [-0.05, 0) is 61.4 Å². The number of nitrogens with two attached hydrogens (primary N) is 1. The molecule has 0 radical (unpaired) electrons. The highest BCUT2D eigenvalue weighted by Crippen LogP contribution is 2.36. The zero-order chi connectivity index (χ0) is 20.1. The van der Waals surface area contributed by atoms with E-state index in [1.54, 1.807) is 29.2 Å². The molecule has 0 aromatic heterocycles. The lowest BCUT2D eigenvalue weighted by molar-refractivity contribution is -0.121. The first-order chi connectivity index (χ1) is 13.4. The van der Waals surface area contributed by atoms with Crippen LogP contribution in [-0.4, -0.2) is 36.4 Å². The summed E-state index contributed by atoms with van der Waals surface area (Å²) in [6.07, 6.45) is 1.38. The number of hydrogen-bond acceptors (Lipinski definition) is 3. The third-order valence-electron chi connectivity index (χ3n) is 5.11. The quantitative estimate of drug-likeness (QED) is 0.798. The van der Waals surface area contributed by atoms with E-state index in [0.717, 1.165) is 0 Å². The molecule has 0 atom stereocenters. The topological polar surface area (TPSA) is 72.6 Å². The second-order valence-electron chi connectivity index (χ2n) is 7.18.